The Labute approximate surface area is 158 Å². The summed E-state index contributed by atoms with van der Waals surface area (Å²) in [6, 6.07) is 13.5. The number of benzene rings is 2. The summed E-state index contributed by atoms with van der Waals surface area (Å²) in [5, 5.41) is 1.79. The first-order valence-electron chi connectivity index (χ1n) is 8.50. The third-order valence-electron chi connectivity index (χ3n) is 4.45. The molecule has 0 atom stereocenters. The maximum absolute atomic E-state index is 13.6. The van der Waals surface area contributed by atoms with Crippen molar-refractivity contribution in [2.75, 3.05) is 0 Å². The molecule has 0 amide bonds. The third-order valence-corrected chi connectivity index (χ3v) is 5.34. The van der Waals surface area contributed by atoms with Gasteiger partial charge in [0.2, 0.25) is 0 Å². The molecule has 27 heavy (non-hydrogen) atoms. The van der Waals surface area contributed by atoms with Crippen molar-refractivity contribution in [1.82, 2.24) is 9.13 Å². The van der Waals surface area contributed by atoms with E-state index in [2.05, 4.69) is 0 Å². The van der Waals surface area contributed by atoms with Gasteiger partial charge in [-0.15, -0.1) is 11.3 Å². The van der Waals surface area contributed by atoms with Crippen LogP contribution in [0.1, 0.15) is 16.7 Å². The van der Waals surface area contributed by atoms with Crippen molar-refractivity contribution in [3.8, 4) is 5.69 Å². The molecule has 0 bridgehead atoms. The van der Waals surface area contributed by atoms with Crippen molar-refractivity contribution in [2.45, 2.75) is 20.4 Å². The van der Waals surface area contributed by atoms with Gasteiger partial charge in [-0.2, -0.15) is 0 Å². The van der Waals surface area contributed by atoms with Gasteiger partial charge in [0.05, 0.1) is 17.7 Å². The van der Waals surface area contributed by atoms with Gasteiger partial charge in [0.25, 0.3) is 5.56 Å². The van der Waals surface area contributed by atoms with Gasteiger partial charge in [-0.05, 0) is 66.2 Å². The smallest absolute Gasteiger partial charge is 0.288 e. The predicted octanol–water partition coefficient (Wildman–Crippen LogP) is 4.02. The summed E-state index contributed by atoms with van der Waals surface area (Å²) in [7, 11) is 0. The van der Waals surface area contributed by atoms with Crippen LogP contribution in [0, 0.1) is 19.7 Å². The summed E-state index contributed by atoms with van der Waals surface area (Å²) in [5.41, 5.74) is 2.96. The molecule has 0 saturated carbocycles. The molecule has 0 unspecified atom stereocenters. The Hall–Kier alpha value is -2.99. The van der Waals surface area contributed by atoms with Gasteiger partial charge in [0.1, 0.15) is 10.5 Å². The van der Waals surface area contributed by atoms with Gasteiger partial charge in [-0.1, -0.05) is 18.2 Å². The third kappa shape index (κ3) is 3.13. The summed E-state index contributed by atoms with van der Waals surface area (Å²) in [4.78, 5) is 26.2. The predicted molar refractivity (Wildman–Crippen MR) is 107 cm³/mol. The number of hydrogen-bond donors (Lipinski definition) is 0. The molecule has 0 saturated heterocycles. The van der Waals surface area contributed by atoms with Crippen LogP contribution in [0.2, 0.25) is 0 Å². The standard InChI is InChI=1S/C21H17FN2O2S/c1-13-8-14(2)10-17(9-13)24-20(25)19-18(6-7-27-19)23(21(24)26)12-15-4-3-5-16(22)11-15/h3-11H,12H2,1-2H3. The maximum Gasteiger partial charge on any atom is 0.336 e. The molecule has 2 aromatic heterocycles. The Bertz CT molecular complexity index is 1260. The SMILES string of the molecule is Cc1cc(C)cc(-n2c(=O)c3sccc3n(Cc3cccc(F)c3)c2=O)c1. The van der Waals surface area contributed by atoms with Crippen LogP contribution >= 0.6 is 11.3 Å². The molecule has 2 aromatic carbocycles. The van der Waals surface area contributed by atoms with Gasteiger partial charge in [0.15, 0.2) is 0 Å². The van der Waals surface area contributed by atoms with E-state index in [0.717, 1.165) is 11.1 Å². The first-order valence-corrected chi connectivity index (χ1v) is 9.38. The van der Waals surface area contributed by atoms with E-state index in [4.69, 9.17) is 0 Å². The zero-order chi connectivity index (χ0) is 19.1. The normalized spacial score (nSPS) is 11.2. The molecular formula is C21H17FN2O2S. The number of halogens is 1. The second-order valence-corrected chi connectivity index (χ2v) is 7.54. The van der Waals surface area contributed by atoms with Gasteiger partial charge in [-0.3, -0.25) is 9.36 Å². The minimum Gasteiger partial charge on any atom is -0.288 e. The van der Waals surface area contributed by atoms with E-state index >= 15 is 0 Å². The van der Waals surface area contributed by atoms with E-state index in [9.17, 15) is 14.0 Å². The molecule has 0 fully saturated rings. The fourth-order valence-corrected chi connectivity index (χ4v) is 4.19. The lowest BCUT2D eigenvalue weighted by atomic mass is 10.1. The molecule has 4 rings (SSSR count). The van der Waals surface area contributed by atoms with Crippen molar-refractivity contribution in [1.29, 1.82) is 0 Å². The van der Waals surface area contributed by atoms with Crippen LogP contribution in [0.3, 0.4) is 0 Å². The van der Waals surface area contributed by atoms with E-state index in [1.807, 2.05) is 32.0 Å². The van der Waals surface area contributed by atoms with Crippen LogP contribution in [0.25, 0.3) is 15.9 Å². The summed E-state index contributed by atoms with van der Waals surface area (Å²) in [6.07, 6.45) is 0. The summed E-state index contributed by atoms with van der Waals surface area (Å²) in [5.74, 6) is -0.357. The van der Waals surface area contributed by atoms with Crippen LogP contribution in [-0.2, 0) is 6.54 Å². The topological polar surface area (TPSA) is 44.0 Å². The van der Waals surface area contributed by atoms with E-state index in [-0.39, 0.29) is 17.9 Å². The second kappa shape index (κ2) is 6.63. The lowest BCUT2D eigenvalue weighted by Crippen LogP contribution is -2.38. The highest BCUT2D eigenvalue weighted by Crippen LogP contribution is 2.18. The highest BCUT2D eigenvalue weighted by molar-refractivity contribution is 7.17. The molecule has 0 aliphatic carbocycles. The molecule has 4 nitrogen and oxygen atoms in total. The molecule has 2 heterocycles. The molecular weight excluding hydrogens is 363 g/mol. The summed E-state index contributed by atoms with van der Waals surface area (Å²) in [6.45, 7) is 4.04. The monoisotopic (exact) mass is 380 g/mol. The van der Waals surface area contributed by atoms with Crippen LogP contribution in [0.15, 0.2) is 63.5 Å². The molecule has 6 heteroatoms. The maximum atomic E-state index is 13.6. The number of aromatic nitrogens is 2. The molecule has 0 radical (unpaired) electrons. The van der Waals surface area contributed by atoms with Crippen molar-refractivity contribution in [3.63, 3.8) is 0 Å². The number of aryl methyl sites for hydroxylation is 2. The van der Waals surface area contributed by atoms with Gasteiger partial charge < -0.3 is 0 Å². The van der Waals surface area contributed by atoms with Gasteiger partial charge in [-0.25, -0.2) is 13.8 Å². The molecule has 4 aromatic rings. The van der Waals surface area contributed by atoms with Gasteiger partial charge in [0, 0.05) is 0 Å². The number of rotatable bonds is 3. The van der Waals surface area contributed by atoms with E-state index in [1.54, 1.807) is 23.6 Å². The molecule has 0 N–H and O–H groups in total. The minimum absolute atomic E-state index is 0.189. The summed E-state index contributed by atoms with van der Waals surface area (Å²) < 4.78 is 16.8. The fourth-order valence-electron chi connectivity index (χ4n) is 3.37. The average Bonchev–Trinajstić information content (AvgIpc) is 3.08. The Kier molecular flexibility index (Phi) is 4.28. The van der Waals surface area contributed by atoms with E-state index in [1.165, 1.54) is 32.6 Å². The zero-order valence-corrected chi connectivity index (χ0v) is 15.7. The van der Waals surface area contributed by atoms with Crippen molar-refractivity contribution >= 4 is 21.6 Å². The van der Waals surface area contributed by atoms with Crippen LogP contribution in [0.4, 0.5) is 4.39 Å². The lowest BCUT2D eigenvalue weighted by molar-refractivity contribution is 0.622. The van der Waals surface area contributed by atoms with Gasteiger partial charge >= 0.3 is 5.69 Å². The zero-order valence-electron chi connectivity index (χ0n) is 14.9. The van der Waals surface area contributed by atoms with Crippen molar-refractivity contribution in [3.05, 3.63) is 97.3 Å². The largest absolute Gasteiger partial charge is 0.336 e. The van der Waals surface area contributed by atoms with Crippen molar-refractivity contribution in [2.24, 2.45) is 0 Å². The van der Waals surface area contributed by atoms with Crippen molar-refractivity contribution < 1.29 is 4.39 Å². The first-order chi connectivity index (χ1) is 12.9. The Morgan fingerprint density at radius 1 is 1.00 bits per heavy atom. The lowest BCUT2D eigenvalue weighted by Gasteiger charge is -2.13. The number of nitrogens with zero attached hydrogens (tertiary/aromatic N) is 2. The van der Waals surface area contributed by atoms with E-state index in [0.29, 0.717) is 21.5 Å². The molecule has 0 aliphatic rings. The average molecular weight is 380 g/mol. The quantitative estimate of drug-likeness (QED) is 0.539. The number of hydrogen-bond acceptors (Lipinski definition) is 3. The second-order valence-electron chi connectivity index (χ2n) is 6.62. The summed E-state index contributed by atoms with van der Waals surface area (Å²) >= 11 is 1.30. The highest BCUT2D eigenvalue weighted by Gasteiger charge is 2.16. The number of thiophene rings is 1. The minimum atomic E-state index is -0.430. The highest BCUT2D eigenvalue weighted by atomic mass is 32.1. The fraction of sp³-hybridized carbons (Fsp3) is 0.143. The Morgan fingerprint density at radius 2 is 1.74 bits per heavy atom. The first kappa shape index (κ1) is 17.4. The molecule has 0 spiro atoms. The molecule has 0 aliphatic heterocycles. The molecule has 136 valence electrons. The number of fused-ring (bicyclic) bond motifs is 1. The van der Waals surface area contributed by atoms with Crippen LogP contribution in [-0.4, -0.2) is 9.13 Å². The Morgan fingerprint density at radius 3 is 2.44 bits per heavy atom. The van der Waals surface area contributed by atoms with E-state index < -0.39 is 5.69 Å². The van der Waals surface area contributed by atoms with Crippen LogP contribution < -0.4 is 11.2 Å². The van der Waals surface area contributed by atoms with Crippen LogP contribution in [0.5, 0.6) is 0 Å². The Balaban J connectivity index is 2.01.